The highest BCUT2D eigenvalue weighted by Crippen LogP contribution is 2.31. The quantitative estimate of drug-likeness (QED) is 0.760. The minimum atomic E-state index is -3.09. The summed E-state index contributed by atoms with van der Waals surface area (Å²) in [7, 11) is -3.09. The molecule has 19 heavy (non-hydrogen) atoms. The van der Waals surface area contributed by atoms with E-state index in [4.69, 9.17) is 5.73 Å². The summed E-state index contributed by atoms with van der Waals surface area (Å²) in [6, 6.07) is 0.0869. The number of aliphatic hydroxyl groups excluding tert-OH is 1. The van der Waals surface area contributed by atoms with Gasteiger partial charge in [0.05, 0.1) is 23.7 Å². The third kappa shape index (κ3) is 3.29. The molecule has 0 aromatic heterocycles. The number of sulfone groups is 1. The molecule has 6 heteroatoms. The number of rotatable bonds is 4. The molecule has 0 amide bonds. The SMILES string of the molecule is CCN(C1CS(=O)(=O)CC1O)C1CCCCC1CN. The highest BCUT2D eigenvalue weighted by Gasteiger charge is 2.43. The lowest BCUT2D eigenvalue weighted by molar-refractivity contribution is 0.0234. The Hall–Kier alpha value is -0.170. The van der Waals surface area contributed by atoms with Gasteiger partial charge >= 0.3 is 0 Å². The van der Waals surface area contributed by atoms with Gasteiger partial charge in [0.15, 0.2) is 9.84 Å². The first-order valence-corrected chi connectivity index (χ1v) is 9.15. The van der Waals surface area contributed by atoms with Crippen molar-refractivity contribution >= 4 is 9.84 Å². The van der Waals surface area contributed by atoms with Crippen molar-refractivity contribution in [1.82, 2.24) is 4.90 Å². The lowest BCUT2D eigenvalue weighted by Crippen LogP contribution is -2.53. The average Bonchev–Trinajstić information content (AvgIpc) is 2.64. The first kappa shape index (κ1) is 15.2. The Kier molecular flexibility index (Phi) is 4.87. The molecular formula is C13H26N2O3S. The van der Waals surface area contributed by atoms with E-state index in [0.717, 1.165) is 19.4 Å². The van der Waals surface area contributed by atoms with Crippen LogP contribution in [-0.2, 0) is 9.84 Å². The van der Waals surface area contributed by atoms with Gasteiger partial charge in [-0.2, -0.15) is 0 Å². The maximum atomic E-state index is 11.7. The molecular weight excluding hydrogens is 264 g/mol. The number of aliphatic hydroxyl groups is 1. The molecule has 4 unspecified atom stereocenters. The van der Waals surface area contributed by atoms with E-state index in [1.807, 2.05) is 6.92 Å². The molecule has 1 saturated carbocycles. The van der Waals surface area contributed by atoms with E-state index in [1.54, 1.807) is 0 Å². The summed E-state index contributed by atoms with van der Waals surface area (Å²) in [5.41, 5.74) is 5.87. The van der Waals surface area contributed by atoms with E-state index >= 15 is 0 Å². The molecule has 3 N–H and O–H groups in total. The lowest BCUT2D eigenvalue weighted by atomic mass is 9.82. The van der Waals surface area contributed by atoms with Crippen molar-refractivity contribution in [3.8, 4) is 0 Å². The first-order valence-electron chi connectivity index (χ1n) is 7.32. The Morgan fingerprint density at radius 1 is 1.21 bits per heavy atom. The molecule has 0 aromatic rings. The van der Waals surface area contributed by atoms with Gasteiger partial charge in [0.2, 0.25) is 0 Å². The van der Waals surface area contributed by atoms with Crippen molar-refractivity contribution in [2.75, 3.05) is 24.6 Å². The minimum absolute atomic E-state index is 0.0891. The average molecular weight is 290 g/mol. The first-order chi connectivity index (χ1) is 8.98. The van der Waals surface area contributed by atoms with E-state index in [0.29, 0.717) is 18.5 Å². The Labute approximate surface area is 116 Å². The van der Waals surface area contributed by atoms with E-state index in [-0.39, 0.29) is 17.5 Å². The van der Waals surface area contributed by atoms with Crippen LogP contribution in [0.4, 0.5) is 0 Å². The van der Waals surface area contributed by atoms with Gasteiger partial charge in [-0.15, -0.1) is 0 Å². The van der Waals surface area contributed by atoms with Crippen molar-refractivity contribution in [3.05, 3.63) is 0 Å². The highest BCUT2D eigenvalue weighted by molar-refractivity contribution is 7.91. The third-order valence-electron chi connectivity index (χ3n) is 4.68. The second kappa shape index (κ2) is 6.08. The fraction of sp³-hybridized carbons (Fsp3) is 1.00. The van der Waals surface area contributed by atoms with Crippen LogP contribution in [-0.4, -0.2) is 61.2 Å². The molecule has 5 nitrogen and oxygen atoms in total. The third-order valence-corrected chi connectivity index (χ3v) is 6.38. The molecule has 0 aromatic carbocycles. The van der Waals surface area contributed by atoms with E-state index in [2.05, 4.69) is 4.90 Å². The van der Waals surface area contributed by atoms with Crippen LogP contribution in [0.1, 0.15) is 32.6 Å². The Bertz CT molecular complexity index is 399. The number of hydrogen-bond acceptors (Lipinski definition) is 5. The van der Waals surface area contributed by atoms with Gasteiger partial charge in [0.1, 0.15) is 0 Å². The fourth-order valence-corrected chi connectivity index (χ4v) is 5.55. The van der Waals surface area contributed by atoms with Crippen LogP contribution in [0.25, 0.3) is 0 Å². The van der Waals surface area contributed by atoms with E-state index in [9.17, 15) is 13.5 Å². The number of hydrogen-bond donors (Lipinski definition) is 2. The summed E-state index contributed by atoms with van der Waals surface area (Å²) < 4.78 is 23.4. The van der Waals surface area contributed by atoms with Crippen LogP contribution < -0.4 is 5.73 Å². The number of nitrogens with zero attached hydrogens (tertiary/aromatic N) is 1. The topological polar surface area (TPSA) is 83.6 Å². The number of nitrogens with two attached hydrogens (primary N) is 1. The smallest absolute Gasteiger partial charge is 0.154 e. The maximum Gasteiger partial charge on any atom is 0.154 e. The standard InChI is InChI=1S/C13H26N2O3S/c1-2-15(11-6-4-3-5-10(11)7-14)12-8-19(17,18)9-13(12)16/h10-13,16H,2-9,14H2,1H3. The molecule has 2 fully saturated rings. The Morgan fingerprint density at radius 3 is 2.42 bits per heavy atom. The fourth-order valence-electron chi connectivity index (χ4n) is 3.74. The normalized spacial score (nSPS) is 38.7. The predicted octanol–water partition coefficient (Wildman–Crippen LogP) is -0.0163. The van der Waals surface area contributed by atoms with Crippen LogP contribution in [0.3, 0.4) is 0 Å². The van der Waals surface area contributed by atoms with Crippen LogP contribution in [0.2, 0.25) is 0 Å². The monoisotopic (exact) mass is 290 g/mol. The summed E-state index contributed by atoms with van der Waals surface area (Å²) in [4.78, 5) is 2.20. The molecule has 4 atom stereocenters. The summed E-state index contributed by atoms with van der Waals surface area (Å²) >= 11 is 0. The van der Waals surface area contributed by atoms with Gasteiger partial charge in [0, 0.05) is 6.04 Å². The second-order valence-electron chi connectivity index (χ2n) is 5.89. The zero-order valence-corrected chi connectivity index (χ0v) is 12.5. The van der Waals surface area contributed by atoms with Gasteiger partial charge in [-0.25, -0.2) is 8.42 Å². The van der Waals surface area contributed by atoms with Crippen LogP contribution in [0, 0.1) is 5.92 Å². The minimum Gasteiger partial charge on any atom is -0.390 e. The molecule has 112 valence electrons. The Balaban J connectivity index is 2.15. The Morgan fingerprint density at radius 2 is 1.89 bits per heavy atom. The summed E-state index contributed by atoms with van der Waals surface area (Å²) in [6.45, 7) is 3.47. The largest absolute Gasteiger partial charge is 0.390 e. The summed E-state index contributed by atoms with van der Waals surface area (Å²) in [5, 5.41) is 10.1. The summed E-state index contributed by atoms with van der Waals surface area (Å²) in [5.74, 6) is 0.438. The van der Waals surface area contributed by atoms with Gasteiger partial charge < -0.3 is 10.8 Å². The molecule has 0 radical (unpaired) electrons. The van der Waals surface area contributed by atoms with Crippen LogP contribution in [0.15, 0.2) is 0 Å². The van der Waals surface area contributed by atoms with Gasteiger partial charge in [-0.3, -0.25) is 4.90 Å². The molecule has 2 rings (SSSR count). The number of likely N-dealkylation sites (N-methyl/N-ethyl adjacent to an activating group) is 1. The molecule has 1 aliphatic carbocycles. The van der Waals surface area contributed by atoms with Crippen molar-refractivity contribution in [1.29, 1.82) is 0 Å². The summed E-state index contributed by atoms with van der Waals surface area (Å²) in [6.07, 6.45) is 3.83. The van der Waals surface area contributed by atoms with Crippen LogP contribution >= 0.6 is 0 Å². The maximum absolute atomic E-state index is 11.7. The van der Waals surface area contributed by atoms with Crippen molar-refractivity contribution < 1.29 is 13.5 Å². The highest BCUT2D eigenvalue weighted by atomic mass is 32.2. The zero-order valence-electron chi connectivity index (χ0n) is 11.7. The van der Waals surface area contributed by atoms with Gasteiger partial charge in [-0.1, -0.05) is 19.8 Å². The second-order valence-corrected chi connectivity index (χ2v) is 8.04. The predicted molar refractivity (Wildman–Crippen MR) is 75.6 cm³/mol. The molecule has 1 saturated heterocycles. The van der Waals surface area contributed by atoms with Crippen LogP contribution in [0.5, 0.6) is 0 Å². The zero-order chi connectivity index (χ0) is 14.0. The molecule has 0 bridgehead atoms. The van der Waals surface area contributed by atoms with Crippen molar-refractivity contribution in [3.63, 3.8) is 0 Å². The van der Waals surface area contributed by atoms with Gasteiger partial charge in [0.25, 0.3) is 0 Å². The molecule has 0 spiro atoms. The molecule has 1 heterocycles. The molecule has 2 aliphatic rings. The van der Waals surface area contributed by atoms with Crippen molar-refractivity contribution in [2.45, 2.75) is 50.8 Å². The van der Waals surface area contributed by atoms with E-state index in [1.165, 1.54) is 12.8 Å². The van der Waals surface area contributed by atoms with Gasteiger partial charge in [-0.05, 0) is 31.8 Å². The lowest BCUT2D eigenvalue weighted by Gasteiger charge is -2.42. The van der Waals surface area contributed by atoms with E-state index < -0.39 is 15.9 Å². The molecule has 1 aliphatic heterocycles. The van der Waals surface area contributed by atoms with Crippen molar-refractivity contribution in [2.24, 2.45) is 11.7 Å².